The van der Waals surface area contributed by atoms with E-state index >= 15 is 0 Å². The lowest BCUT2D eigenvalue weighted by atomic mass is 9.43. The van der Waals surface area contributed by atoms with E-state index in [1.54, 1.807) is 0 Å². The smallest absolute Gasteiger partial charge is 0.0143 e. The van der Waals surface area contributed by atoms with Gasteiger partial charge in [0, 0.05) is 12.8 Å². The van der Waals surface area contributed by atoms with Crippen LogP contribution in [0.5, 0.6) is 0 Å². The number of terminal acetylenes is 2. The summed E-state index contributed by atoms with van der Waals surface area (Å²) >= 11 is 0. The fourth-order valence-electron chi connectivity index (χ4n) is 5.50. The molecule has 0 N–H and O–H groups in total. The molecule has 4 aliphatic carbocycles. The van der Waals surface area contributed by atoms with Gasteiger partial charge >= 0.3 is 0 Å². The van der Waals surface area contributed by atoms with Crippen LogP contribution in [0.4, 0.5) is 0 Å². The highest BCUT2D eigenvalue weighted by molar-refractivity contribution is 5.13. The van der Waals surface area contributed by atoms with Gasteiger partial charge in [0.25, 0.3) is 0 Å². The van der Waals surface area contributed by atoms with Gasteiger partial charge in [-0.3, -0.25) is 0 Å². The van der Waals surface area contributed by atoms with Crippen molar-refractivity contribution in [1.29, 1.82) is 0 Å². The third-order valence-electron chi connectivity index (χ3n) is 5.26. The van der Waals surface area contributed by atoms with Crippen molar-refractivity contribution in [3.63, 3.8) is 0 Å². The molecule has 0 aromatic rings. The van der Waals surface area contributed by atoms with Crippen LogP contribution < -0.4 is 0 Å². The zero-order valence-corrected chi connectivity index (χ0v) is 9.97. The summed E-state index contributed by atoms with van der Waals surface area (Å²) < 4.78 is 0. The third-order valence-corrected chi connectivity index (χ3v) is 5.26. The van der Waals surface area contributed by atoms with Crippen molar-refractivity contribution in [2.24, 2.45) is 22.7 Å². The second kappa shape index (κ2) is 3.30. The van der Waals surface area contributed by atoms with Gasteiger partial charge < -0.3 is 0 Å². The Hall–Kier alpha value is -0.880. The highest BCUT2D eigenvalue weighted by Gasteiger charge is 2.56. The molecular weight excluding hydrogens is 192 g/mol. The van der Waals surface area contributed by atoms with Crippen LogP contribution >= 0.6 is 0 Å². The van der Waals surface area contributed by atoms with Gasteiger partial charge in [0.2, 0.25) is 0 Å². The Morgan fingerprint density at radius 1 is 0.875 bits per heavy atom. The third kappa shape index (κ3) is 1.40. The van der Waals surface area contributed by atoms with Gasteiger partial charge in [0.1, 0.15) is 0 Å². The maximum atomic E-state index is 5.58. The van der Waals surface area contributed by atoms with E-state index in [2.05, 4.69) is 11.8 Å². The molecule has 0 nitrogen and oxygen atoms in total. The van der Waals surface area contributed by atoms with Crippen LogP contribution in [0.1, 0.15) is 51.4 Å². The molecule has 4 saturated carbocycles. The quantitative estimate of drug-likeness (QED) is 0.613. The van der Waals surface area contributed by atoms with Crippen LogP contribution in [0.25, 0.3) is 0 Å². The Morgan fingerprint density at radius 2 is 1.31 bits per heavy atom. The minimum Gasteiger partial charge on any atom is -0.120 e. The molecule has 0 unspecified atom stereocenters. The van der Waals surface area contributed by atoms with E-state index in [0.717, 1.165) is 24.7 Å². The van der Waals surface area contributed by atoms with E-state index in [4.69, 9.17) is 12.8 Å². The maximum absolute atomic E-state index is 5.58. The minimum absolute atomic E-state index is 0.482. The first-order chi connectivity index (χ1) is 7.69. The van der Waals surface area contributed by atoms with E-state index in [1.807, 2.05) is 0 Å². The summed E-state index contributed by atoms with van der Waals surface area (Å²) in [4.78, 5) is 0. The lowest BCUT2D eigenvalue weighted by molar-refractivity contribution is -0.105. The normalized spacial score (nSPS) is 48.6. The van der Waals surface area contributed by atoms with Gasteiger partial charge in [-0.2, -0.15) is 0 Å². The lowest BCUT2D eigenvalue weighted by Crippen LogP contribution is -2.51. The summed E-state index contributed by atoms with van der Waals surface area (Å²) in [6.07, 6.45) is 21.5. The summed E-state index contributed by atoms with van der Waals surface area (Å²) in [6, 6.07) is 0. The Bertz CT molecular complexity index is 328. The van der Waals surface area contributed by atoms with Gasteiger partial charge in [-0.05, 0) is 61.2 Å². The van der Waals surface area contributed by atoms with Crippen LogP contribution in [-0.2, 0) is 0 Å². The number of rotatable bonds is 2. The molecule has 0 atom stereocenters. The molecule has 4 bridgehead atoms. The van der Waals surface area contributed by atoms with Crippen LogP contribution in [-0.4, -0.2) is 0 Å². The highest BCUT2D eigenvalue weighted by Crippen LogP contribution is 2.67. The summed E-state index contributed by atoms with van der Waals surface area (Å²) in [5, 5.41) is 0. The van der Waals surface area contributed by atoms with E-state index in [1.165, 1.54) is 38.5 Å². The van der Waals surface area contributed by atoms with Crippen molar-refractivity contribution in [3.05, 3.63) is 0 Å². The largest absolute Gasteiger partial charge is 0.120 e. The molecule has 0 saturated heterocycles. The van der Waals surface area contributed by atoms with E-state index in [0.29, 0.717) is 10.8 Å². The van der Waals surface area contributed by atoms with E-state index in [-0.39, 0.29) is 0 Å². The summed E-state index contributed by atoms with van der Waals surface area (Å²) in [5.41, 5.74) is 0.964. The molecule has 84 valence electrons. The summed E-state index contributed by atoms with van der Waals surface area (Å²) in [7, 11) is 0. The predicted molar refractivity (Wildman–Crippen MR) is 66.4 cm³/mol. The molecule has 4 aliphatic rings. The Balaban J connectivity index is 1.92. The van der Waals surface area contributed by atoms with Crippen molar-refractivity contribution < 1.29 is 0 Å². The average Bonchev–Trinajstić information content (AvgIpc) is 2.14. The van der Waals surface area contributed by atoms with E-state index in [9.17, 15) is 0 Å². The molecular formula is C16H20. The monoisotopic (exact) mass is 212 g/mol. The molecule has 0 heteroatoms. The molecule has 0 spiro atoms. The molecule has 16 heavy (non-hydrogen) atoms. The predicted octanol–water partition coefficient (Wildman–Crippen LogP) is 3.62. The zero-order valence-electron chi connectivity index (χ0n) is 9.97. The van der Waals surface area contributed by atoms with Crippen molar-refractivity contribution >= 4 is 0 Å². The Morgan fingerprint density at radius 3 is 1.69 bits per heavy atom. The standard InChI is InChI=1S/C16H20/c1-3-5-15-8-13-7-14(9-15)11-16(10-13,12-15)6-4-2/h1-2,13-14H,5-12H2. The summed E-state index contributed by atoms with van der Waals surface area (Å²) in [6.45, 7) is 0. The molecule has 0 amide bonds. The second-order valence-electron chi connectivity index (χ2n) is 6.72. The van der Waals surface area contributed by atoms with Gasteiger partial charge in [-0.1, -0.05) is 0 Å². The van der Waals surface area contributed by atoms with Gasteiger partial charge in [0.05, 0.1) is 0 Å². The zero-order chi connectivity index (χ0) is 11.2. The first kappa shape index (κ1) is 10.3. The van der Waals surface area contributed by atoms with Crippen LogP contribution in [0.2, 0.25) is 0 Å². The first-order valence-corrected chi connectivity index (χ1v) is 6.56. The van der Waals surface area contributed by atoms with Crippen molar-refractivity contribution in [2.75, 3.05) is 0 Å². The molecule has 0 aromatic carbocycles. The Labute approximate surface area is 99.2 Å². The topological polar surface area (TPSA) is 0 Å². The fourth-order valence-corrected chi connectivity index (χ4v) is 5.50. The fraction of sp³-hybridized carbons (Fsp3) is 0.750. The highest BCUT2D eigenvalue weighted by atomic mass is 14.6. The SMILES string of the molecule is C#CCC12CC3CC(C1)CC(CC#C)(C3)C2. The first-order valence-electron chi connectivity index (χ1n) is 6.56. The molecule has 4 fully saturated rings. The molecule has 0 heterocycles. The van der Waals surface area contributed by atoms with Gasteiger partial charge in [0.15, 0.2) is 0 Å². The molecule has 0 aliphatic heterocycles. The average molecular weight is 212 g/mol. The van der Waals surface area contributed by atoms with Crippen LogP contribution in [0.3, 0.4) is 0 Å². The van der Waals surface area contributed by atoms with Crippen LogP contribution in [0.15, 0.2) is 0 Å². The maximum Gasteiger partial charge on any atom is 0.0143 e. The molecule has 0 aromatic heterocycles. The van der Waals surface area contributed by atoms with Gasteiger partial charge in [-0.25, -0.2) is 0 Å². The van der Waals surface area contributed by atoms with Crippen molar-refractivity contribution in [3.8, 4) is 24.7 Å². The number of hydrogen-bond donors (Lipinski definition) is 0. The minimum atomic E-state index is 0.482. The van der Waals surface area contributed by atoms with Crippen molar-refractivity contribution in [2.45, 2.75) is 51.4 Å². The number of hydrogen-bond acceptors (Lipinski definition) is 0. The molecule has 0 radical (unpaired) electrons. The van der Waals surface area contributed by atoms with Crippen molar-refractivity contribution in [1.82, 2.24) is 0 Å². The molecule has 4 rings (SSSR count). The summed E-state index contributed by atoms with van der Waals surface area (Å²) in [5.74, 6) is 7.73. The van der Waals surface area contributed by atoms with Gasteiger partial charge in [-0.15, -0.1) is 24.7 Å². The van der Waals surface area contributed by atoms with Crippen LogP contribution in [0, 0.1) is 47.4 Å². The second-order valence-corrected chi connectivity index (χ2v) is 6.72. The Kier molecular flexibility index (Phi) is 2.12. The lowest BCUT2D eigenvalue weighted by Gasteiger charge is -2.61. The van der Waals surface area contributed by atoms with E-state index < -0.39 is 0 Å².